The van der Waals surface area contributed by atoms with Gasteiger partial charge in [0.15, 0.2) is 0 Å². The van der Waals surface area contributed by atoms with Gasteiger partial charge in [-0.15, -0.1) is 0 Å². The molecule has 0 amide bonds. The lowest BCUT2D eigenvalue weighted by Crippen LogP contribution is -2.27. The van der Waals surface area contributed by atoms with Gasteiger partial charge in [0.1, 0.15) is 16.1 Å². The van der Waals surface area contributed by atoms with E-state index in [4.69, 9.17) is 0 Å². The topological polar surface area (TPSA) is 35.4 Å². The first-order valence-corrected chi connectivity index (χ1v) is 5.87. The molecule has 0 radical (unpaired) electrons. The van der Waals surface area contributed by atoms with Crippen LogP contribution in [0.25, 0.3) is 0 Å². The Bertz CT molecular complexity index is 184. The SMILES string of the molecule is CCC(C)/C(C)=N/[S@@+]([O-])C(C)(C)C. The summed E-state index contributed by atoms with van der Waals surface area (Å²) in [6.45, 7) is 12.0. The van der Waals surface area contributed by atoms with E-state index in [1.165, 1.54) is 0 Å². The zero-order valence-corrected chi connectivity index (χ0v) is 10.4. The predicted molar refractivity (Wildman–Crippen MR) is 60.5 cm³/mol. The highest BCUT2D eigenvalue weighted by molar-refractivity contribution is 7.91. The van der Waals surface area contributed by atoms with Crippen LogP contribution in [0.4, 0.5) is 0 Å². The Hall–Kier alpha value is -0.0200. The maximum atomic E-state index is 11.6. The minimum absolute atomic E-state index is 0.241. The maximum absolute atomic E-state index is 11.6. The molecular weight excluding hydrogens is 182 g/mol. The summed E-state index contributed by atoms with van der Waals surface area (Å²) in [5.41, 5.74) is 0.996. The van der Waals surface area contributed by atoms with Crippen molar-refractivity contribution in [3.8, 4) is 0 Å². The summed E-state index contributed by atoms with van der Waals surface area (Å²) >= 11 is -1.10. The van der Waals surface area contributed by atoms with E-state index in [0.29, 0.717) is 5.92 Å². The largest absolute Gasteiger partial charge is 0.591 e. The summed E-state index contributed by atoms with van der Waals surface area (Å²) in [6, 6.07) is 0. The molecular formula is C10H21NOS. The molecule has 1 unspecified atom stereocenters. The predicted octanol–water partition coefficient (Wildman–Crippen LogP) is 2.96. The molecule has 0 aromatic rings. The van der Waals surface area contributed by atoms with Crippen molar-refractivity contribution in [2.75, 3.05) is 0 Å². The fourth-order valence-corrected chi connectivity index (χ4v) is 1.37. The van der Waals surface area contributed by atoms with Gasteiger partial charge < -0.3 is 4.55 Å². The zero-order valence-electron chi connectivity index (χ0n) is 9.55. The van der Waals surface area contributed by atoms with Gasteiger partial charge in [-0.3, -0.25) is 0 Å². The van der Waals surface area contributed by atoms with Gasteiger partial charge in [0.05, 0.1) is 5.71 Å². The molecule has 0 spiro atoms. The van der Waals surface area contributed by atoms with Crippen LogP contribution in [0.15, 0.2) is 4.40 Å². The molecule has 0 saturated carbocycles. The van der Waals surface area contributed by atoms with E-state index in [9.17, 15) is 4.55 Å². The zero-order chi connectivity index (χ0) is 10.6. The smallest absolute Gasteiger partial charge is 0.144 e. The van der Waals surface area contributed by atoms with Crippen LogP contribution in [0, 0.1) is 5.92 Å². The third-order valence-corrected chi connectivity index (χ3v) is 3.58. The van der Waals surface area contributed by atoms with Gasteiger partial charge in [0.2, 0.25) is 0 Å². The van der Waals surface area contributed by atoms with E-state index in [0.717, 1.165) is 12.1 Å². The Morgan fingerprint density at radius 2 is 1.92 bits per heavy atom. The minimum atomic E-state index is -1.10. The molecule has 3 heteroatoms. The molecule has 0 aliphatic carbocycles. The minimum Gasteiger partial charge on any atom is -0.591 e. The van der Waals surface area contributed by atoms with Crippen LogP contribution in [0.5, 0.6) is 0 Å². The molecule has 78 valence electrons. The van der Waals surface area contributed by atoms with E-state index in [2.05, 4.69) is 18.2 Å². The molecule has 0 aromatic carbocycles. The monoisotopic (exact) mass is 203 g/mol. The molecule has 2 atom stereocenters. The fraction of sp³-hybridized carbons (Fsp3) is 0.900. The fourth-order valence-electron chi connectivity index (χ4n) is 0.653. The van der Waals surface area contributed by atoms with E-state index in [-0.39, 0.29) is 4.75 Å². The van der Waals surface area contributed by atoms with Crippen molar-refractivity contribution in [3.63, 3.8) is 0 Å². The lowest BCUT2D eigenvalue weighted by Gasteiger charge is -2.19. The molecule has 0 bridgehead atoms. The highest BCUT2D eigenvalue weighted by Crippen LogP contribution is 2.18. The molecule has 0 aliphatic heterocycles. The Kier molecular flexibility index (Phi) is 5.00. The Morgan fingerprint density at radius 1 is 1.46 bits per heavy atom. The van der Waals surface area contributed by atoms with Crippen LogP contribution in [0.2, 0.25) is 0 Å². The number of rotatable bonds is 3. The molecule has 0 heterocycles. The van der Waals surface area contributed by atoms with Crippen molar-refractivity contribution in [1.29, 1.82) is 0 Å². The molecule has 0 rings (SSSR count). The second-order valence-electron chi connectivity index (χ2n) is 4.40. The summed E-state index contributed by atoms with van der Waals surface area (Å²) in [6.07, 6.45) is 1.05. The molecule has 0 fully saturated rings. The van der Waals surface area contributed by atoms with E-state index < -0.39 is 11.4 Å². The van der Waals surface area contributed by atoms with Gasteiger partial charge in [-0.05, 0) is 40.0 Å². The molecule has 0 aromatic heterocycles. The highest BCUT2D eigenvalue weighted by Gasteiger charge is 2.27. The second-order valence-corrected chi connectivity index (χ2v) is 6.31. The van der Waals surface area contributed by atoms with Gasteiger partial charge in [0, 0.05) is 0 Å². The van der Waals surface area contributed by atoms with Gasteiger partial charge >= 0.3 is 0 Å². The quantitative estimate of drug-likeness (QED) is 0.513. The van der Waals surface area contributed by atoms with Crippen LogP contribution in [-0.2, 0) is 11.4 Å². The first-order chi connectivity index (χ1) is 5.79. The third-order valence-electron chi connectivity index (χ3n) is 2.08. The number of hydrogen-bond acceptors (Lipinski definition) is 2. The summed E-state index contributed by atoms with van der Waals surface area (Å²) in [7, 11) is 0. The summed E-state index contributed by atoms with van der Waals surface area (Å²) in [5.74, 6) is 0.436. The van der Waals surface area contributed by atoms with Crippen LogP contribution >= 0.6 is 0 Å². The Morgan fingerprint density at radius 3 is 2.23 bits per heavy atom. The van der Waals surface area contributed by atoms with Gasteiger partial charge in [-0.1, -0.05) is 18.2 Å². The Labute approximate surface area is 85.1 Å². The molecule has 0 aliphatic rings. The highest BCUT2D eigenvalue weighted by atomic mass is 32.2. The van der Waals surface area contributed by atoms with Crippen LogP contribution < -0.4 is 0 Å². The summed E-state index contributed by atoms with van der Waals surface area (Å²) in [4.78, 5) is 0. The molecule has 0 saturated heterocycles. The Balaban J connectivity index is 4.39. The standard InChI is InChI=1S/C10H21NOS/c1-7-8(2)9(3)11-13(12)10(4,5)6/h8H,7H2,1-6H3/b11-9+/t8?,13-/m0/s1. The summed E-state index contributed by atoms with van der Waals surface area (Å²) in [5, 5.41) is 0. The van der Waals surface area contributed by atoms with Crippen molar-refractivity contribution >= 4 is 17.1 Å². The maximum Gasteiger partial charge on any atom is 0.144 e. The molecule has 2 nitrogen and oxygen atoms in total. The first kappa shape index (κ1) is 13.0. The molecule has 13 heavy (non-hydrogen) atoms. The average Bonchev–Trinajstić information content (AvgIpc) is 2.01. The van der Waals surface area contributed by atoms with Gasteiger partial charge in [0.25, 0.3) is 0 Å². The number of nitrogens with zero attached hydrogens (tertiary/aromatic N) is 1. The first-order valence-electron chi connectivity index (χ1n) is 4.76. The normalized spacial score (nSPS) is 18.5. The number of hydrogen-bond donors (Lipinski definition) is 0. The van der Waals surface area contributed by atoms with E-state index >= 15 is 0 Å². The van der Waals surface area contributed by atoms with Crippen molar-refractivity contribution < 1.29 is 4.55 Å². The van der Waals surface area contributed by atoms with Crippen molar-refractivity contribution in [2.45, 2.75) is 52.7 Å². The van der Waals surface area contributed by atoms with E-state index in [1.54, 1.807) is 0 Å². The van der Waals surface area contributed by atoms with Gasteiger partial charge in [-0.25, -0.2) is 0 Å². The lowest BCUT2D eigenvalue weighted by molar-refractivity contribution is 0.561. The van der Waals surface area contributed by atoms with Gasteiger partial charge in [-0.2, -0.15) is 0 Å². The van der Waals surface area contributed by atoms with Crippen LogP contribution in [0.1, 0.15) is 48.0 Å². The second kappa shape index (κ2) is 5.01. The van der Waals surface area contributed by atoms with Crippen LogP contribution in [0.3, 0.4) is 0 Å². The van der Waals surface area contributed by atoms with Crippen molar-refractivity contribution in [1.82, 2.24) is 0 Å². The average molecular weight is 203 g/mol. The van der Waals surface area contributed by atoms with Crippen LogP contribution in [-0.4, -0.2) is 15.0 Å². The van der Waals surface area contributed by atoms with Crippen molar-refractivity contribution in [3.05, 3.63) is 0 Å². The molecule has 0 N–H and O–H groups in total. The van der Waals surface area contributed by atoms with Crippen molar-refractivity contribution in [2.24, 2.45) is 10.3 Å². The lowest BCUT2D eigenvalue weighted by atomic mass is 10.1. The van der Waals surface area contributed by atoms with E-state index in [1.807, 2.05) is 27.7 Å². The third kappa shape index (κ3) is 4.67. The summed E-state index contributed by atoms with van der Waals surface area (Å²) < 4.78 is 15.6.